The molecule has 0 saturated heterocycles. The molecule has 114 valence electrons. The summed E-state index contributed by atoms with van der Waals surface area (Å²) in [4.78, 5) is 24.6. The molecule has 2 N–H and O–H groups in total. The van der Waals surface area contributed by atoms with Crippen molar-refractivity contribution < 1.29 is 14.7 Å². The SMILES string of the molecule is Cc1ccc(N(CCC(=O)O)C(=O)NCC2CCC2)cc1. The number of carbonyl (C=O) groups excluding carboxylic acids is 1. The van der Waals surface area contributed by atoms with E-state index in [0.29, 0.717) is 12.5 Å². The second-order valence-electron chi connectivity index (χ2n) is 5.61. The van der Waals surface area contributed by atoms with Gasteiger partial charge in [0.25, 0.3) is 0 Å². The zero-order valence-electron chi connectivity index (χ0n) is 12.3. The van der Waals surface area contributed by atoms with Crippen molar-refractivity contribution in [1.29, 1.82) is 0 Å². The summed E-state index contributed by atoms with van der Waals surface area (Å²) >= 11 is 0. The van der Waals surface area contributed by atoms with Gasteiger partial charge in [-0.1, -0.05) is 24.1 Å². The average molecular weight is 290 g/mol. The molecule has 5 nitrogen and oxygen atoms in total. The van der Waals surface area contributed by atoms with E-state index in [0.717, 1.165) is 11.3 Å². The third-order valence-electron chi connectivity index (χ3n) is 3.91. The van der Waals surface area contributed by atoms with E-state index in [4.69, 9.17) is 5.11 Å². The highest BCUT2D eigenvalue weighted by atomic mass is 16.4. The van der Waals surface area contributed by atoms with E-state index in [1.807, 2.05) is 31.2 Å². The Bertz CT molecular complexity index is 495. The minimum Gasteiger partial charge on any atom is -0.481 e. The molecular formula is C16H22N2O3. The molecule has 1 aliphatic rings. The predicted octanol–water partition coefficient (Wildman–Crippen LogP) is 2.79. The number of aryl methyl sites for hydroxylation is 1. The number of hydrogen-bond donors (Lipinski definition) is 2. The van der Waals surface area contributed by atoms with Gasteiger partial charge in [0.05, 0.1) is 6.42 Å². The van der Waals surface area contributed by atoms with Crippen LogP contribution in [0.2, 0.25) is 0 Å². The van der Waals surface area contributed by atoms with E-state index in [-0.39, 0.29) is 19.0 Å². The number of carboxylic acids is 1. The molecule has 0 bridgehead atoms. The monoisotopic (exact) mass is 290 g/mol. The van der Waals surface area contributed by atoms with Gasteiger partial charge in [-0.25, -0.2) is 4.79 Å². The summed E-state index contributed by atoms with van der Waals surface area (Å²) in [6.45, 7) is 2.82. The van der Waals surface area contributed by atoms with Crippen LogP contribution in [0.25, 0.3) is 0 Å². The lowest BCUT2D eigenvalue weighted by Gasteiger charge is -2.28. The molecule has 21 heavy (non-hydrogen) atoms. The van der Waals surface area contributed by atoms with Crippen molar-refractivity contribution >= 4 is 17.7 Å². The maximum atomic E-state index is 12.3. The maximum Gasteiger partial charge on any atom is 0.321 e. The quantitative estimate of drug-likeness (QED) is 0.846. The number of anilines is 1. The van der Waals surface area contributed by atoms with Crippen LogP contribution in [-0.2, 0) is 4.79 Å². The lowest BCUT2D eigenvalue weighted by molar-refractivity contribution is -0.136. The van der Waals surface area contributed by atoms with Crippen LogP contribution in [-0.4, -0.2) is 30.2 Å². The van der Waals surface area contributed by atoms with Crippen LogP contribution in [0.15, 0.2) is 24.3 Å². The molecule has 5 heteroatoms. The molecule has 1 aromatic rings. The fourth-order valence-corrected chi connectivity index (χ4v) is 2.30. The van der Waals surface area contributed by atoms with E-state index in [1.165, 1.54) is 24.2 Å². The Hall–Kier alpha value is -2.04. The lowest BCUT2D eigenvalue weighted by atomic mass is 9.85. The molecule has 0 radical (unpaired) electrons. The van der Waals surface area contributed by atoms with Crippen LogP contribution >= 0.6 is 0 Å². The van der Waals surface area contributed by atoms with Crippen LogP contribution in [0.5, 0.6) is 0 Å². The van der Waals surface area contributed by atoms with Gasteiger partial charge in [-0.15, -0.1) is 0 Å². The first-order valence-corrected chi connectivity index (χ1v) is 7.40. The second kappa shape index (κ2) is 7.11. The highest BCUT2D eigenvalue weighted by molar-refractivity contribution is 5.92. The minimum atomic E-state index is -0.904. The minimum absolute atomic E-state index is 0.0648. The van der Waals surface area contributed by atoms with Crippen molar-refractivity contribution in [2.75, 3.05) is 18.0 Å². The summed E-state index contributed by atoms with van der Waals surface area (Å²) in [5.74, 6) is -0.327. The Labute approximate surface area is 125 Å². The Morgan fingerprint density at radius 3 is 2.48 bits per heavy atom. The first kappa shape index (κ1) is 15.4. The third-order valence-corrected chi connectivity index (χ3v) is 3.91. The molecule has 1 aliphatic carbocycles. The number of carboxylic acid groups (broad SMARTS) is 1. The highest BCUT2D eigenvalue weighted by Crippen LogP contribution is 2.25. The number of urea groups is 1. The average Bonchev–Trinajstić information content (AvgIpc) is 2.39. The first-order chi connectivity index (χ1) is 10.1. The van der Waals surface area contributed by atoms with E-state index in [1.54, 1.807) is 0 Å². The summed E-state index contributed by atoms with van der Waals surface area (Å²) in [5, 5.41) is 11.8. The number of rotatable bonds is 6. The molecule has 0 aromatic heterocycles. The Morgan fingerprint density at radius 1 is 1.29 bits per heavy atom. The second-order valence-corrected chi connectivity index (χ2v) is 5.61. The van der Waals surface area contributed by atoms with Crippen molar-refractivity contribution in [3.8, 4) is 0 Å². The van der Waals surface area contributed by atoms with Gasteiger partial charge in [0.15, 0.2) is 0 Å². The highest BCUT2D eigenvalue weighted by Gasteiger charge is 2.21. The summed E-state index contributed by atoms with van der Waals surface area (Å²) in [6, 6.07) is 7.32. The Morgan fingerprint density at radius 2 is 1.95 bits per heavy atom. The fraction of sp³-hybridized carbons (Fsp3) is 0.500. The van der Waals surface area contributed by atoms with Gasteiger partial charge in [-0.2, -0.15) is 0 Å². The summed E-state index contributed by atoms with van der Waals surface area (Å²) in [6.07, 6.45) is 3.51. The summed E-state index contributed by atoms with van der Waals surface area (Å²) < 4.78 is 0. The summed E-state index contributed by atoms with van der Waals surface area (Å²) in [7, 11) is 0. The van der Waals surface area contributed by atoms with Gasteiger partial charge in [0.2, 0.25) is 0 Å². The number of nitrogens with one attached hydrogen (secondary N) is 1. The zero-order chi connectivity index (χ0) is 15.2. The van der Waals surface area contributed by atoms with E-state index in [2.05, 4.69) is 5.32 Å². The van der Waals surface area contributed by atoms with Crippen molar-refractivity contribution in [1.82, 2.24) is 5.32 Å². The molecule has 1 saturated carbocycles. The van der Waals surface area contributed by atoms with Gasteiger partial charge >= 0.3 is 12.0 Å². The summed E-state index contributed by atoms with van der Waals surface area (Å²) in [5.41, 5.74) is 1.83. The van der Waals surface area contributed by atoms with Gasteiger partial charge in [0.1, 0.15) is 0 Å². The van der Waals surface area contributed by atoms with Gasteiger partial charge in [0, 0.05) is 18.8 Å². The number of benzene rings is 1. The third kappa shape index (κ3) is 4.48. The van der Waals surface area contributed by atoms with Crippen LogP contribution in [0.3, 0.4) is 0 Å². The van der Waals surface area contributed by atoms with E-state index >= 15 is 0 Å². The predicted molar refractivity (Wildman–Crippen MR) is 81.5 cm³/mol. The fourth-order valence-electron chi connectivity index (χ4n) is 2.30. The largest absolute Gasteiger partial charge is 0.481 e. The smallest absolute Gasteiger partial charge is 0.321 e. The molecular weight excluding hydrogens is 268 g/mol. The van der Waals surface area contributed by atoms with Gasteiger partial charge in [-0.3, -0.25) is 9.69 Å². The maximum absolute atomic E-state index is 12.3. The Balaban J connectivity index is 2.00. The molecule has 0 atom stereocenters. The van der Waals surface area contributed by atoms with Crippen LogP contribution in [0, 0.1) is 12.8 Å². The number of amides is 2. The standard InChI is InChI=1S/C16H22N2O3/c1-12-5-7-14(8-6-12)18(10-9-15(19)20)16(21)17-11-13-3-2-4-13/h5-8,13H,2-4,9-11H2,1H3,(H,17,21)(H,19,20). The Kier molecular flexibility index (Phi) is 5.20. The van der Waals surface area contributed by atoms with Crippen LogP contribution in [0.4, 0.5) is 10.5 Å². The molecule has 0 spiro atoms. The van der Waals surface area contributed by atoms with Crippen molar-refractivity contribution in [2.45, 2.75) is 32.6 Å². The molecule has 1 aromatic carbocycles. The number of carbonyl (C=O) groups is 2. The van der Waals surface area contributed by atoms with Crippen molar-refractivity contribution in [3.63, 3.8) is 0 Å². The molecule has 1 fully saturated rings. The van der Waals surface area contributed by atoms with Crippen molar-refractivity contribution in [2.24, 2.45) is 5.92 Å². The zero-order valence-corrected chi connectivity index (χ0v) is 12.3. The van der Waals surface area contributed by atoms with Gasteiger partial charge < -0.3 is 10.4 Å². The molecule has 0 heterocycles. The van der Waals surface area contributed by atoms with E-state index in [9.17, 15) is 9.59 Å². The molecule has 2 rings (SSSR count). The number of aliphatic carboxylic acids is 1. The molecule has 0 aliphatic heterocycles. The lowest BCUT2D eigenvalue weighted by Crippen LogP contribution is -2.43. The van der Waals surface area contributed by atoms with E-state index < -0.39 is 5.97 Å². The van der Waals surface area contributed by atoms with Gasteiger partial charge in [-0.05, 0) is 37.8 Å². The molecule has 0 unspecified atom stereocenters. The molecule has 2 amide bonds. The first-order valence-electron chi connectivity index (χ1n) is 7.40. The van der Waals surface area contributed by atoms with Crippen molar-refractivity contribution in [3.05, 3.63) is 29.8 Å². The number of hydrogen-bond acceptors (Lipinski definition) is 2. The number of nitrogens with zero attached hydrogens (tertiary/aromatic N) is 1. The van der Waals surface area contributed by atoms with Crippen LogP contribution in [0.1, 0.15) is 31.2 Å². The van der Waals surface area contributed by atoms with Crippen LogP contribution < -0.4 is 10.2 Å². The topological polar surface area (TPSA) is 69.6 Å². The normalized spacial score (nSPS) is 14.3.